The van der Waals surface area contributed by atoms with E-state index >= 15 is 0 Å². The molecule has 2 aromatic carbocycles. The van der Waals surface area contributed by atoms with Gasteiger partial charge in [0.05, 0.1) is 19.1 Å². The molecule has 3 rings (SSSR count). The normalized spacial score (nSPS) is 12.1. The van der Waals surface area contributed by atoms with Crippen LogP contribution < -0.4 is 16.0 Å². The van der Waals surface area contributed by atoms with E-state index in [2.05, 4.69) is 20.9 Å². The highest BCUT2D eigenvalue weighted by atomic mass is 19.4. The molecule has 0 aliphatic heterocycles. The highest BCUT2D eigenvalue weighted by molar-refractivity contribution is 5.88. The quantitative estimate of drug-likeness (QED) is 0.147. The van der Waals surface area contributed by atoms with Gasteiger partial charge < -0.3 is 31.3 Å². The predicted molar refractivity (Wildman–Crippen MR) is 154 cm³/mol. The molecule has 44 heavy (non-hydrogen) atoms. The number of hydrogen-bond acceptors (Lipinski definition) is 7. The Hall–Kier alpha value is -4.98. The molecule has 0 aliphatic carbocycles. The summed E-state index contributed by atoms with van der Waals surface area (Å²) in [6.07, 6.45) is -2.24. The maximum atomic E-state index is 12.8. The molecule has 14 heteroatoms. The smallest absolute Gasteiger partial charge is 0.481 e. The first kappa shape index (κ1) is 35.2. The molecule has 0 saturated carbocycles. The Morgan fingerprint density at radius 2 is 1.43 bits per heavy atom. The SMILES string of the molecule is O=C(O)C(F)(F)F.O=C(O)CC(NC(=O)[C@H](CO)NC(=O)CCCCNc1ccccn1)c1ccc(-c2ccccc2)cc1. The fraction of sp³-hybridized carbons (Fsp3) is 0.300. The number of aliphatic hydroxyl groups is 1. The number of anilines is 1. The van der Waals surface area contributed by atoms with Crippen LogP contribution in [-0.4, -0.2) is 69.4 Å². The van der Waals surface area contributed by atoms with Crippen molar-refractivity contribution in [3.63, 3.8) is 0 Å². The predicted octanol–water partition coefficient (Wildman–Crippen LogP) is 3.77. The molecule has 2 atom stereocenters. The number of rotatable bonds is 14. The number of carbonyl (C=O) groups is 4. The van der Waals surface area contributed by atoms with Gasteiger partial charge in [-0.2, -0.15) is 13.2 Å². The molecule has 0 saturated heterocycles. The molecule has 11 nitrogen and oxygen atoms in total. The molecular formula is C30H33F3N4O7. The van der Waals surface area contributed by atoms with Crippen LogP contribution in [0.2, 0.25) is 0 Å². The van der Waals surface area contributed by atoms with Crippen molar-refractivity contribution >= 4 is 29.6 Å². The molecule has 0 aliphatic rings. The Morgan fingerprint density at radius 1 is 0.818 bits per heavy atom. The van der Waals surface area contributed by atoms with Crippen LogP contribution in [0.4, 0.5) is 19.0 Å². The van der Waals surface area contributed by atoms with Crippen molar-refractivity contribution in [3.8, 4) is 11.1 Å². The Labute approximate surface area is 251 Å². The second kappa shape index (κ2) is 17.9. The fourth-order valence-electron chi connectivity index (χ4n) is 3.79. The zero-order valence-corrected chi connectivity index (χ0v) is 23.5. The maximum Gasteiger partial charge on any atom is 0.490 e. The van der Waals surface area contributed by atoms with E-state index in [4.69, 9.17) is 9.90 Å². The summed E-state index contributed by atoms with van der Waals surface area (Å²) < 4.78 is 31.7. The van der Waals surface area contributed by atoms with Crippen LogP contribution >= 0.6 is 0 Å². The minimum atomic E-state index is -5.08. The molecule has 0 spiro atoms. The Morgan fingerprint density at radius 3 is 1.98 bits per heavy atom. The van der Waals surface area contributed by atoms with Crippen molar-refractivity contribution in [1.82, 2.24) is 15.6 Å². The van der Waals surface area contributed by atoms with Crippen LogP contribution in [0.25, 0.3) is 11.1 Å². The number of halogens is 3. The lowest BCUT2D eigenvalue weighted by molar-refractivity contribution is -0.192. The molecule has 2 amide bonds. The van der Waals surface area contributed by atoms with Crippen molar-refractivity contribution in [2.24, 2.45) is 0 Å². The number of carboxylic acids is 2. The number of amides is 2. The van der Waals surface area contributed by atoms with Gasteiger partial charge in [-0.05, 0) is 41.7 Å². The number of hydrogen-bond donors (Lipinski definition) is 6. The van der Waals surface area contributed by atoms with Crippen molar-refractivity contribution in [2.45, 2.75) is 43.9 Å². The molecule has 0 bridgehead atoms. The highest BCUT2D eigenvalue weighted by Gasteiger charge is 2.38. The lowest BCUT2D eigenvalue weighted by atomic mass is 9.99. The molecule has 0 radical (unpaired) electrons. The average molecular weight is 619 g/mol. The van der Waals surface area contributed by atoms with Crippen molar-refractivity contribution in [1.29, 1.82) is 0 Å². The van der Waals surface area contributed by atoms with E-state index in [9.17, 15) is 37.8 Å². The number of aliphatic hydroxyl groups excluding tert-OH is 1. The largest absolute Gasteiger partial charge is 0.490 e. The summed E-state index contributed by atoms with van der Waals surface area (Å²) >= 11 is 0. The molecular weight excluding hydrogens is 585 g/mol. The first-order chi connectivity index (χ1) is 20.9. The van der Waals surface area contributed by atoms with Crippen LogP contribution in [0.3, 0.4) is 0 Å². The summed E-state index contributed by atoms with van der Waals surface area (Å²) in [5.74, 6) is -4.09. The second-order valence-corrected chi connectivity index (χ2v) is 9.35. The summed E-state index contributed by atoms with van der Waals surface area (Å²) in [7, 11) is 0. The number of benzene rings is 2. The topological polar surface area (TPSA) is 178 Å². The minimum absolute atomic E-state index is 0.188. The van der Waals surface area contributed by atoms with Gasteiger partial charge in [-0.1, -0.05) is 60.7 Å². The van der Waals surface area contributed by atoms with Gasteiger partial charge in [-0.3, -0.25) is 14.4 Å². The average Bonchev–Trinajstić information content (AvgIpc) is 3.00. The van der Waals surface area contributed by atoms with E-state index < -0.39 is 42.7 Å². The summed E-state index contributed by atoms with van der Waals surface area (Å²) in [4.78, 5) is 49.6. The first-order valence-corrected chi connectivity index (χ1v) is 13.4. The van der Waals surface area contributed by atoms with E-state index in [-0.39, 0.29) is 18.7 Å². The molecule has 6 N–H and O–H groups in total. The number of nitrogens with one attached hydrogen (secondary N) is 3. The second-order valence-electron chi connectivity index (χ2n) is 9.35. The number of carboxylic acid groups (broad SMARTS) is 2. The number of alkyl halides is 3. The number of aliphatic carboxylic acids is 2. The summed E-state index contributed by atoms with van der Waals surface area (Å²) in [5.41, 5.74) is 2.59. The van der Waals surface area contributed by atoms with Crippen molar-refractivity contribution < 1.29 is 47.7 Å². The number of aromatic nitrogens is 1. The van der Waals surface area contributed by atoms with Crippen LogP contribution in [0.5, 0.6) is 0 Å². The first-order valence-electron chi connectivity index (χ1n) is 13.4. The molecule has 236 valence electrons. The fourth-order valence-corrected chi connectivity index (χ4v) is 3.79. The summed E-state index contributed by atoms with van der Waals surface area (Å²) in [5, 5.41) is 34.5. The zero-order valence-electron chi connectivity index (χ0n) is 23.5. The van der Waals surface area contributed by atoms with E-state index in [1.54, 1.807) is 18.3 Å². The van der Waals surface area contributed by atoms with Gasteiger partial charge in [0.25, 0.3) is 0 Å². The Bertz CT molecular complexity index is 1340. The van der Waals surface area contributed by atoms with E-state index in [0.717, 1.165) is 23.4 Å². The number of nitrogens with zero attached hydrogens (tertiary/aromatic N) is 1. The minimum Gasteiger partial charge on any atom is -0.481 e. The van der Waals surface area contributed by atoms with Gasteiger partial charge in [0.15, 0.2) is 0 Å². The van der Waals surface area contributed by atoms with E-state index in [0.29, 0.717) is 18.5 Å². The lowest BCUT2D eigenvalue weighted by Crippen LogP contribution is -2.49. The van der Waals surface area contributed by atoms with Gasteiger partial charge in [-0.15, -0.1) is 0 Å². The van der Waals surface area contributed by atoms with Crippen LogP contribution in [0, 0.1) is 0 Å². The van der Waals surface area contributed by atoms with Gasteiger partial charge in [0.1, 0.15) is 11.9 Å². The zero-order chi connectivity index (χ0) is 32.5. The van der Waals surface area contributed by atoms with Gasteiger partial charge in [0, 0.05) is 19.2 Å². The summed E-state index contributed by atoms with van der Waals surface area (Å²) in [6, 6.07) is 20.5. The third kappa shape index (κ3) is 12.9. The monoisotopic (exact) mass is 618 g/mol. The third-order valence-corrected chi connectivity index (χ3v) is 5.99. The maximum absolute atomic E-state index is 12.8. The number of unbranched alkanes of at least 4 members (excludes halogenated alkanes) is 1. The molecule has 3 aromatic rings. The molecule has 1 unspecified atom stereocenters. The Kier molecular flexibility index (Phi) is 14.3. The molecule has 1 heterocycles. The number of pyridine rings is 1. The van der Waals surface area contributed by atoms with Crippen LogP contribution in [0.1, 0.15) is 37.3 Å². The van der Waals surface area contributed by atoms with E-state index in [1.165, 1.54) is 0 Å². The van der Waals surface area contributed by atoms with Crippen molar-refractivity contribution in [3.05, 3.63) is 84.6 Å². The van der Waals surface area contributed by atoms with Crippen molar-refractivity contribution in [2.75, 3.05) is 18.5 Å². The number of carbonyl (C=O) groups excluding carboxylic acids is 2. The Balaban J connectivity index is 0.000000860. The summed E-state index contributed by atoms with van der Waals surface area (Å²) in [6.45, 7) is 0.0413. The van der Waals surface area contributed by atoms with Gasteiger partial charge in [-0.25, -0.2) is 9.78 Å². The standard InChI is InChI=1S/C28H32N4O5.C2HF3O2/c33-19-24(31-26(34)11-5-7-17-30-25-10-4-6-16-29-25)28(37)32-23(18-27(35)36)22-14-12-21(13-15-22)20-8-2-1-3-9-20;3-2(4,5)1(6)7/h1-4,6,8-10,12-16,23-24,33H,5,7,11,17-19H2,(H,29,30)(H,31,34)(H,32,37)(H,35,36);(H,6,7)/t23?,24-;/m0./s1. The highest BCUT2D eigenvalue weighted by Crippen LogP contribution is 2.23. The lowest BCUT2D eigenvalue weighted by Gasteiger charge is -2.22. The van der Waals surface area contributed by atoms with Gasteiger partial charge in [0.2, 0.25) is 11.8 Å². The van der Waals surface area contributed by atoms with E-state index in [1.807, 2.05) is 60.7 Å². The van der Waals surface area contributed by atoms with Gasteiger partial charge >= 0.3 is 18.1 Å². The molecule has 1 aromatic heterocycles. The van der Waals surface area contributed by atoms with Crippen LogP contribution in [0.15, 0.2) is 79.0 Å². The van der Waals surface area contributed by atoms with Crippen LogP contribution in [-0.2, 0) is 19.2 Å². The molecule has 0 fully saturated rings. The third-order valence-electron chi connectivity index (χ3n) is 5.99.